The molecule has 0 radical (unpaired) electrons. The molecule has 0 aliphatic heterocycles. The van der Waals surface area contributed by atoms with E-state index in [1.807, 2.05) is 6.92 Å². The van der Waals surface area contributed by atoms with E-state index < -0.39 is 0 Å². The molecule has 0 spiro atoms. The van der Waals surface area contributed by atoms with Gasteiger partial charge in [-0.1, -0.05) is 5.16 Å². The summed E-state index contributed by atoms with van der Waals surface area (Å²) in [5, 5.41) is 6.20. The smallest absolute Gasteiger partial charge is 0.295 e. The number of hydrogen-bond donors (Lipinski definition) is 1. The van der Waals surface area contributed by atoms with Crippen LogP contribution in [0, 0.1) is 13.8 Å². The summed E-state index contributed by atoms with van der Waals surface area (Å²) in [5.74, 6) is 0.327. The van der Waals surface area contributed by atoms with Crippen molar-refractivity contribution in [3.63, 3.8) is 0 Å². The minimum Gasteiger partial charge on any atom is -0.351 e. The lowest BCUT2D eigenvalue weighted by Crippen LogP contribution is -2.13. The van der Waals surface area contributed by atoms with Crippen LogP contribution in [0.5, 0.6) is 0 Å². The van der Waals surface area contributed by atoms with Gasteiger partial charge < -0.3 is 9.84 Å². The third-order valence-electron chi connectivity index (χ3n) is 2.24. The molecule has 0 saturated carbocycles. The molecule has 0 aliphatic carbocycles. The first-order valence-electron chi connectivity index (χ1n) is 4.92. The van der Waals surface area contributed by atoms with Crippen molar-refractivity contribution >= 4 is 27.7 Å². The third-order valence-corrected chi connectivity index (χ3v) is 3.07. The topological polar surface area (TPSA) is 68.0 Å². The second-order valence-electron chi connectivity index (χ2n) is 3.61. The lowest BCUT2D eigenvalue weighted by molar-refractivity contribution is 0.0986. The van der Waals surface area contributed by atoms with E-state index in [2.05, 4.69) is 31.4 Å². The maximum atomic E-state index is 11.8. The molecule has 5 nitrogen and oxygen atoms in total. The molecule has 0 aromatic carbocycles. The summed E-state index contributed by atoms with van der Waals surface area (Å²) in [6, 6.07) is 1.77. The summed E-state index contributed by atoms with van der Waals surface area (Å²) < 4.78 is 5.75. The SMILES string of the molecule is Cc1cc(NC(=O)c2oncc2C)ncc1Br. The molecule has 2 rings (SSSR count). The van der Waals surface area contributed by atoms with Gasteiger partial charge in [0.1, 0.15) is 5.82 Å². The number of anilines is 1. The number of rotatable bonds is 2. The third kappa shape index (κ3) is 2.52. The first-order valence-corrected chi connectivity index (χ1v) is 5.72. The van der Waals surface area contributed by atoms with Crippen molar-refractivity contribution in [2.45, 2.75) is 13.8 Å². The number of carbonyl (C=O) groups is 1. The molecule has 2 heterocycles. The lowest BCUT2D eigenvalue weighted by Gasteiger charge is -2.04. The molecule has 1 N–H and O–H groups in total. The van der Waals surface area contributed by atoms with E-state index in [0.717, 1.165) is 10.0 Å². The highest BCUT2D eigenvalue weighted by molar-refractivity contribution is 9.10. The van der Waals surface area contributed by atoms with Crippen molar-refractivity contribution < 1.29 is 9.32 Å². The Hall–Kier alpha value is -1.69. The van der Waals surface area contributed by atoms with E-state index in [9.17, 15) is 4.79 Å². The van der Waals surface area contributed by atoms with E-state index in [1.165, 1.54) is 6.20 Å². The van der Waals surface area contributed by atoms with Crippen molar-refractivity contribution in [3.8, 4) is 0 Å². The summed E-state index contributed by atoms with van der Waals surface area (Å²) in [6.07, 6.45) is 3.13. The van der Waals surface area contributed by atoms with E-state index in [1.54, 1.807) is 19.2 Å². The zero-order valence-electron chi connectivity index (χ0n) is 9.32. The Morgan fingerprint density at radius 1 is 1.35 bits per heavy atom. The standard InChI is InChI=1S/C11H10BrN3O2/c1-6-3-9(13-5-8(6)12)15-11(16)10-7(2)4-14-17-10/h3-5H,1-2H3,(H,13,15,16). The van der Waals surface area contributed by atoms with Crippen molar-refractivity contribution in [1.82, 2.24) is 10.1 Å². The van der Waals surface area contributed by atoms with Crippen LogP contribution >= 0.6 is 15.9 Å². The summed E-state index contributed by atoms with van der Waals surface area (Å²) in [7, 11) is 0. The molecule has 2 aromatic heterocycles. The molecule has 0 saturated heterocycles. The van der Waals surface area contributed by atoms with Crippen LogP contribution in [0.15, 0.2) is 27.5 Å². The fourth-order valence-electron chi connectivity index (χ4n) is 1.29. The quantitative estimate of drug-likeness (QED) is 0.925. The molecular weight excluding hydrogens is 286 g/mol. The number of hydrogen-bond acceptors (Lipinski definition) is 4. The largest absolute Gasteiger partial charge is 0.351 e. The summed E-state index contributed by atoms with van der Waals surface area (Å²) in [6.45, 7) is 3.67. The first kappa shape index (κ1) is 11.8. The van der Waals surface area contributed by atoms with Gasteiger partial charge in [0, 0.05) is 16.2 Å². The highest BCUT2D eigenvalue weighted by Crippen LogP contribution is 2.18. The molecule has 0 atom stereocenters. The molecule has 0 bridgehead atoms. The molecule has 0 fully saturated rings. The van der Waals surface area contributed by atoms with Gasteiger partial charge in [0.2, 0.25) is 5.76 Å². The van der Waals surface area contributed by atoms with Crippen molar-refractivity contribution in [2.75, 3.05) is 5.32 Å². The van der Waals surface area contributed by atoms with Crippen LogP contribution in [0.3, 0.4) is 0 Å². The van der Waals surface area contributed by atoms with Gasteiger partial charge in [-0.2, -0.15) is 0 Å². The number of amides is 1. The van der Waals surface area contributed by atoms with Crippen LogP contribution in [0.25, 0.3) is 0 Å². The summed E-state index contributed by atoms with van der Waals surface area (Å²) in [5.41, 5.74) is 1.68. The number of halogens is 1. The minimum absolute atomic E-state index is 0.201. The zero-order valence-corrected chi connectivity index (χ0v) is 10.9. The number of aryl methyl sites for hydroxylation is 2. The van der Waals surface area contributed by atoms with Gasteiger partial charge in [-0.25, -0.2) is 4.98 Å². The van der Waals surface area contributed by atoms with Crippen LogP contribution in [0.1, 0.15) is 21.7 Å². The minimum atomic E-state index is -0.353. The van der Waals surface area contributed by atoms with Crippen molar-refractivity contribution in [2.24, 2.45) is 0 Å². The van der Waals surface area contributed by atoms with Gasteiger partial charge in [0.05, 0.1) is 6.20 Å². The van der Waals surface area contributed by atoms with E-state index >= 15 is 0 Å². The Labute approximate surface area is 106 Å². The van der Waals surface area contributed by atoms with Crippen LogP contribution in [-0.2, 0) is 0 Å². The molecule has 88 valence electrons. The Morgan fingerprint density at radius 3 is 2.71 bits per heavy atom. The van der Waals surface area contributed by atoms with Crippen LogP contribution in [0.4, 0.5) is 5.82 Å². The van der Waals surface area contributed by atoms with Crippen molar-refractivity contribution in [3.05, 3.63) is 39.8 Å². The maximum absolute atomic E-state index is 11.8. The average molecular weight is 296 g/mol. The number of nitrogens with zero attached hydrogens (tertiary/aromatic N) is 2. The van der Waals surface area contributed by atoms with Gasteiger partial charge in [-0.15, -0.1) is 0 Å². The van der Waals surface area contributed by atoms with E-state index in [4.69, 9.17) is 4.52 Å². The second-order valence-corrected chi connectivity index (χ2v) is 4.47. The highest BCUT2D eigenvalue weighted by Gasteiger charge is 2.14. The number of carbonyl (C=O) groups excluding carboxylic acids is 1. The molecule has 6 heteroatoms. The second kappa shape index (κ2) is 4.67. The number of pyridine rings is 1. The summed E-state index contributed by atoms with van der Waals surface area (Å²) in [4.78, 5) is 15.9. The number of aromatic nitrogens is 2. The van der Waals surface area contributed by atoms with Gasteiger partial charge >= 0.3 is 0 Å². The Morgan fingerprint density at radius 2 is 2.12 bits per heavy atom. The van der Waals surface area contributed by atoms with Gasteiger partial charge in [0.25, 0.3) is 5.91 Å². The molecule has 17 heavy (non-hydrogen) atoms. The zero-order chi connectivity index (χ0) is 12.4. The van der Waals surface area contributed by atoms with Crippen LogP contribution in [0.2, 0.25) is 0 Å². The molecule has 2 aromatic rings. The monoisotopic (exact) mass is 295 g/mol. The first-order chi connectivity index (χ1) is 8.08. The van der Waals surface area contributed by atoms with Crippen molar-refractivity contribution in [1.29, 1.82) is 0 Å². The van der Waals surface area contributed by atoms with Gasteiger partial charge in [-0.05, 0) is 41.4 Å². The number of nitrogens with one attached hydrogen (secondary N) is 1. The Bertz CT molecular complexity index is 566. The predicted octanol–water partition coefficient (Wildman–Crippen LogP) is 2.70. The lowest BCUT2D eigenvalue weighted by atomic mass is 10.2. The van der Waals surface area contributed by atoms with E-state index in [0.29, 0.717) is 11.4 Å². The summed E-state index contributed by atoms with van der Waals surface area (Å²) >= 11 is 3.34. The maximum Gasteiger partial charge on any atom is 0.295 e. The normalized spacial score (nSPS) is 10.3. The Balaban J connectivity index is 2.19. The van der Waals surface area contributed by atoms with Crippen LogP contribution in [-0.4, -0.2) is 16.0 Å². The van der Waals surface area contributed by atoms with Gasteiger partial charge in [0.15, 0.2) is 0 Å². The Kier molecular flexibility index (Phi) is 3.23. The molecule has 0 aliphatic rings. The van der Waals surface area contributed by atoms with E-state index in [-0.39, 0.29) is 11.7 Å². The fraction of sp³-hybridized carbons (Fsp3) is 0.182. The molecule has 1 amide bonds. The van der Waals surface area contributed by atoms with Gasteiger partial charge in [-0.3, -0.25) is 4.79 Å². The predicted molar refractivity (Wildman–Crippen MR) is 65.9 cm³/mol. The highest BCUT2D eigenvalue weighted by atomic mass is 79.9. The average Bonchev–Trinajstić information content (AvgIpc) is 2.70. The molecular formula is C11H10BrN3O2. The van der Waals surface area contributed by atoms with Crippen LogP contribution < -0.4 is 5.32 Å². The molecule has 0 unspecified atom stereocenters. The fourth-order valence-corrected chi connectivity index (χ4v) is 1.51.